The highest BCUT2D eigenvalue weighted by atomic mass is 19.1. The van der Waals surface area contributed by atoms with Crippen LogP contribution in [0.2, 0.25) is 0 Å². The van der Waals surface area contributed by atoms with E-state index in [1.54, 1.807) is 30.6 Å². The number of fused-ring (bicyclic) bond motifs is 1. The Morgan fingerprint density at radius 3 is 2.76 bits per heavy atom. The first-order valence-corrected chi connectivity index (χ1v) is 6.57. The van der Waals surface area contributed by atoms with E-state index in [0.29, 0.717) is 24.0 Å². The summed E-state index contributed by atoms with van der Waals surface area (Å²) in [5.41, 5.74) is 2.01. The number of hydrogen-bond donors (Lipinski definition) is 1. The molecule has 1 aromatic heterocycles. The van der Waals surface area contributed by atoms with Crippen LogP contribution < -0.4 is 0 Å². The Kier molecular flexibility index (Phi) is 3.39. The molecule has 0 radical (unpaired) electrons. The number of carbonyl (C=O) groups is 1. The predicted molar refractivity (Wildman–Crippen MR) is 76.8 cm³/mol. The zero-order valence-electron chi connectivity index (χ0n) is 11.2. The molecule has 0 saturated heterocycles. The molecule has 0 aliphatic carbocycles. The van der Waals surface area contributed by atoms with Gasteiger partial charge in [0.15, 0.2) is 0 Å². The third-order valence-electron chi connectivity index (χ3n) is 3.46. The highest BCUT2D eigenvalue weighted by molar-refractivity contribution is 6.00. The van der Waals surface area contributed by atoms with E-state index in [9.17, 15) is 9.18 Å². The number of halogens is 1. The second kappa shape index (κ2) is 5.36. The Bertz CT molecular complexity index is 811. The lowest BCUT2D eigenvalue weighted by Gasteiger charge is -2.06. The molecule has 3 rings (SSSR count). The van der Waals surface area contributed by atoms with Gasteiger partial charge in [0.2, 0.25) is 0 Å². The highest BCUT2D eigenvalue weighted by Crippen LogP contribution is 2.18. The number of aromatic nitrogens is 2. The number of nitrogens with zero attached hydrogens (tertiary/aromatic N) is 2. The van der Waals surface area contributed by atoms with E-state index in [1.165, 1.54) is 12.1 Å². The van der Waals surface area contributed by atoms with Crippen LogP contribution in [0.1, 0.15) is 15.9 Å². The average molecular weight is 284 g/mol. The number of aromatic carboxylic acids is 1. The van der Waals surface area contributed by atoms with Gasteiger partial charge in [-0.1, -0.05) is 24.3 Å². The predicted octanol–water partition coefficient (Wildman–Crippen LogP) is 3.12. The van der Waals surface area contributed by atoms with Gasteiger partial charge in [0.1, 0.15) is 11.3 Å². The summed E-state index contributed by atoms with van der Waals surface area (Å²) in [5.74, 6) is -1.23. The molecule has 0 bridgehead atoms. The molecule has 0 unspecified atom stereocenters. The fraction of sp³-hybridized carbons (Fsp3) is 0.125. The zero-order chi connectivity index (χ0) is 14.8. The first kappa shape index (κ1) is 13.3. The average Bonchev–Trinajstić information content (AvgIpc) is 2.89. The van der Waals surface area contributed by atoms with Crippen molar-refractivity contribution in [1.82, 2.24) is 9.55 Å². The van der Waals surface area contributed by atoms with Crippen LogP contribution in [0.4, 0.5) is 4.39 Å². The summed E-state index contributed by atoms with van der Waals surface area (Å²) in [6.45, 7) is 0.542. The van der Waals surface area contributed by atoms with Crippen LogP contribution in [0.5, 0.6) is 0 Å². The molecule has 0 spiro atoms. The number of carboxylic acid groups (broad SMARTS) is 1. The number of rotatable bonds is 4. The van der Waals surface area contributed by atoms with Crippen molar-refractivity contribution in [3.63, 3.8) is 0 Å². The Labute approximate surface area is 120 Å². The second-order valence-corrected chi connectivity index (χ2v) is 4.76. The van der Waals surface area contributed by atoms with Gasteiger partial charge in [-0.15, -0.1) is 0 Å². The Hall–Kier alpha value is -2.69. The minimum Gasteiger partial charge on any atom is -0.478 e. The van der Waals surface area contributed by atoms with Crippen molar-refractivity contribution < 1.29 is 14.3 Å². The topological polar surface area (TPSA) is 55.1 Å². The van der Waals surface area contributed by atoms with Crippen LogP contribution >= 0.6 is 0 Å². The van der Waals surface area contributed by atoms with Crippen molar-refractivity contribution in [3.05, 3.63) is 65.7 Å². The number of carboxylic acids is 1. The van der Waals surface area contributed by atoms with Crippen molar-refractivity contribution >= 4 is 17.0 Å². The first-order chi connectivity index (χ1) is 10.2. The van der Waals surface area contributed by atoms with Gasteiger partial charge in [0, 0.05) is 6.54 Å². The molecule has 1 heterocycles. The number of aryl methyl sites for hydroxylation is 2. The maximum Gasteiger partial charge on any atom is 0.337 e. The van der Waals surface area contributed by atoms with Crippen LogP contribution in [-0.2, 0) is 13.0 Å². The number of hydrogen-bond acceptors (Lipinski definition) is 2. The molecule has 0 fully saturated rings. The zero-order valence-corrected chi connectivity index (χ0v) is 11.2. The fourth-order valence-corrected chi connectivity index (χ4v) is 2.38. The van der Waals surface area contributed by atoms with Gasteiger partial charge < -0.3 is 9.67 Å². The maximum atomic E-state index is 13.6. The van der Waals surface area contributed by atoms with Crippen molar-refractivity contribution in [1.29, 1.82) is 0 Å². The molecule has 106 valence electrons. The van der Waals surface area contributed by atoms with E-state index in [4.69, 9.17) is 5.11 Å². The Morgan fingerprint density at radius 1 is 1.19 bits per heavy atom. The lowest BCUT2D eigenvalue weighted by Crippen LogP contribution is -2.02. The smallest absolute Gasteiger partial charge is 0.337 e. The minimum atomic E-state index is -1.00. The van der Waals surface area contributed by atoms with E-state index >= 15 is 0 Å². The molecular formula is C16H13FN2O2. The molecule has 5 heteroatoms. The SMILES string of the molecule is O=C(O)c1cccc2c1ncn2CCc1ccccc1F. The summed E-state index contributed by atoms with van der Waals surface area (Å²) in [5, 5.41) is 9.14. The number of imidazole rings is 1. The van der Waals surface area contributed by atoms with E-state index in [0.717, 1.165) is 5.52 Å². The van der Waals surface area contributed by atoms with E-state index in [2.05, 4.69) is 4.98 Å². The molecule has 0 aliphatic rings. The van der Waals surface area contributed by atoms with Gasteiger partial charge >= 0.3 is 5.97 Å². The van der Waals surface area contributed by atoms with E-state index in [1.807, 2.05) is 10.6 Å². The molecule has 4 nitrogen and oxygen atoms in total. The summed E-state index contributed by atoms with van der Waals surface area (Å²) in [6.07, 6.45) is 2.12. The minimum absolute atomic E-state index is 0.178. The van der Waals surface area contributed by atoms with Crippen LogP contribution in [0.15, 0.2) is 48.8 Å². The lowest BCUT2D eigenvalue weighted by atomic mass is 10.1. The molecule has 0 saturated carbocycles. The Morgan fingerprint density at radius 2 is 2.00 bits per heavy atom. The summed E-state index contributed by atoms with van der Waals surface area (Å²) >= 11 is 0. The third kappa shape index (κ3) is 2.50. The summed E-state index contributed by atoms with van der Waals surface area (Å²) in [6, 6.07) is 11.7. The van der Waals surface area contributed by atoms with E-state index in [-0.39, 0.29) is 11.4 Å². The standard InChI is InChI=1S/C16H13FN2O2/c17-13-6-2-1-4-11(13)8-9-19-10-18-15-12(16(20)21)5-3-7-14(15)19/h1-7,10H,8-9H2,(H,20,21). The Balaban J connectivity index is 1.90. The quantitative estimate of drug-likeness (QED) is 0.801. The van der Waals surface area contributed by atoms with Gasteiger partial charge in [-0.05, 0) is 30.2 Å². The van der Waals surface area contributed by atoms with Crippen LogP contribution in [0.25, 0.3) is 11.0 Å². The second-order valence-electron chi connectivity index (χ2n) is 4.76. The highest BCUT2D eigenvalue weighted by Gasteiger charge is 2.12. The molecule has 3 aromatic rings. The van der Waals surface area contributed by atoms with Gasteiger partial charge in [0.25, 0.3) is 0 Å². The summed E-state index contributed by atoms with van der Waals surface area (Å²) in [7, 11) is 0. The van der Waals surface area contributed by atoms with Crippen molar-refractivity contribution in [2.75, 3.05) is 0 Å². The molecule has 0 atom stereocenters. The molecule has 1 N–H and O–H groups in total. The van der Waals surface area contributed by atoms with Gasteiger partial charge in [-0.25, -0.2) is 14.2 Å². The number of benzene rings is 2. The number of para-hydroxylation sites is 1. The normalized spacial score (nSPS) is 10.9. The molecular weight excluding hydrogens is 271 g/mol. The fourth-order valence-electron chi connectivity index (χ4n) is 2.38. The molecule has 0 aliphatic heterocycles. The lowest BCUT2D eigenvalue weighted by molar-refractivity contribution is 0.0699. The van der Waals surface area contributed by atoms with Crippen molar-refractivity contribution in [2.24, 2.45) is 0 Å². The summed E-state index contributed by atoms with van der Waals surface area (Å²) < 4.78 is 15.4. The molecule has 2 aromatic carbocycles. The summed E-state index contributed by atoms with van der Waals surface area (Å²) in [4.78, 5) is 15.3. The van der Waals surface area contributed by atoms with Gasteiger partial charge in [-0.2, -0.15) is 0 Å². The van der Waals surface area contributed by atoms with Crippen LogP contribution in [0, 0.1) is 5.82 Å². The van der Waals surface area contributed by atoms with Gasteiger partial charge in [-0.3, -0.25) is 0 Å². The van der Waals surface area contributed by atoms with Crippen LogP contribution in [-0.4, -0.2) is 20.6 Å². The monoisotopic (exact) mass is 284 g/mol. The first-order valence-electron chi connectivity index (χ1n) is 6.57. The van der Waals surface area contributed by atoms with Gasteiger partial charge in [0.05, 0.1) is 17.4 Å². The van der Waals surface area contributed by atoms with E-state index < -0.39 is 5.97 Å². The molecule has 21 heavy (non-hydrogen) atoms. The van der Waals surface area contributed by atoms with Crippen molar-refractivity contribution in [3.8, 4) is 0 Å². The van der Waals surface area contributed by atoms with Crippen LogP contribution in [0.3, 0.4) is 0 Å². The van der Waals surface area contributed by atoms with Crippen molar-refractivity contribution in [2.45, 2.75) is 13.0 Å². The third-order valence-corrected chi connectivity index (χ3v) is 3.46. The molecule has 0 amide bonds. The maximum absolute atomic E-state index is 13.6. The largest absolute Gasteiger partial charge is 0.478 e.